The monoisotopic (exact) mass is 182 g/mol. The molecule has 1 aliphatic rings. The molecule has 0 unspecified atom stereocenters. The van der Waals surface area contributed by atoms with E-state index >= 15 is 0 Å². The van der Waals surface area contributed by atoms with Crippen molar-refractivity contribution >= 4 is 5.97 Å². The van der Waals surface area contributed by atoms with E-state index in [0.29, 0.717) is 6.61 Å². The van der Waals surface area contributed by atoms with Gasteiger partial charge in [-0.3, -0.25) is 4.68 Å². The van der Waals surface area contributed by atoms with Crippen LogP contribution in [0.1, 0.15) is 22.8 Å². The average molecular weight is 182 g/mol. The summed E-state index contributed by atoms with van der Waals surface area (Å²) in [5.41, 5.74) is 0.229. The molecule has 13 heavy (non-hydrogen) atoms. The first-order valence-corrected chi connectivity index (χ1v) is 4.12. The number of aromatic nitrogens is 2. The average Bonchev–Trinajstić information content (AvgIpc) is 2.75. The molecule has 0 radical (unpaired) electrons. The van der Waals surface area contributed by atoms with E-state index in [0.717, 1.165) is 13.0 Å². The van der Waals surface area contributed by atoms with Crippen LogP contribution in [0.2, 0.25) is 0 Å². The second-order valence-electron chi connectivity index (χ2n) is 3.03. The second kappa shape index (κ2) is 3.18. The number of hydrogen-bond donors (Lipinski definition) is 1. The second-order valence-corrected chi connectivity index (χ2v) is 3.03. The highest BCUT2D eigenvalue weighted by atomic mass is 16.5. The van der Waals surface area contributed by atoms with Crippen LogP contribution in [-0.2, 0) is 4.74 Å². The number of rotatable bonds is 2. The molecule has 5 heteroatoms. The van der Waals surface area contributed by atoms with Gasteiger partial charge in [0.25, 0.3) is 0 Å². The van der Waals surface area contributed by atoms with Crippen molar-refractivity contribution in [2.75, 3.05) is 13.2 Å². The quantitative estimate of drug-likeness (QED) is 0.725. The van der Waals surface area contributed by atoms with E-state index in [1.54, 1.807) is 10.9 Å². The van der Waals surface area contributed by atoms with Gasteiger partial charge in [0.1, 0.15) is 0 Å². The maximum atomic E-state index is 10.5. The van der Waals surface area contributed by atoms with Crippen molar-refractivity contribution in [3.8, 4) is 0 Å². The molecule has 2 rings (SSSR count). The smallest absolute Gasteiger partial charge is 0.338 e. The van der Waals surface area contributed by atoms with E-state index in [9.17, 15) is 4.79 Å². The van der Waals surface area contributed by atoms with Gasteiger partial charge in [-0.25, -0.2) is 4.79 Å². The van der Waals surface area contributed by atoms with Crippen LogP contribution in [0.15, 0.2) is 12.4 Å². The zero-order chi connectivity index (χ0) is 9.26. The van der Waals surface area contributed by atoms with Gasteiger partial charge < -0.3 is 9.84 Å². The zero-order valence-corrected chi connectivity index (χ0v) is 7.01. The maximum Gasteiger partial charge on any atom is 0.338 e. The van der Waals surface area contributed by atoms with Gasteiger partial charge in [-0.15, -0.1) is 0 Å². The molecule has 0 aromatic carbocycles. The lowest BCUT2D eigenvalue weighted by molar-refractivity contribution is 0.0696. The van der Waals surface area contributed by atoms with E-state index < -0.39 is 5.97 Å². The van der Waals surface area contributed by atoms with Crippen LogP contribution >= 0.6 is 0 Å². The third kappa shape index (κ3) is 1.55. The summed E-state index contributed by atoms with van der Waals surface area (Å²) < 4.78 is 6.84. The predicted octanol–water partition coefficient (Wildman–Crippen LogP) is 0.543. The first-order chi connectivity index (χ1) is 6.27. The summed E-state index contributed by atoms with van der Waals surface area (Å²) in [4.78, 5) is 10.5. The van der Waals surface area contributed by atoms with E-state index in [-0.39, 0.29) is 11.6 Å². The van der Waals surface area contributed by atoms with E-state index in [1.165, 1.54) is 6.20 Å². The number of nitrogens with zero attached hydrogens (tertiary/aromatic N) is 2. The van der Waals surface area contributed by atoms with Crippen LogP contribution in [0.25, 0.3) is 0 Å². The molecule has 0 spiro atoms. The lowest BCUT2D eigenvalue weighted by atomic mass is 10.3. The highest BCUT2D eigenvalue weighted by molar-refractivity contribution is 5.86. The largest absolute Gasteiger partial charge is 0.478 e. The molecular formula is C8H10N2O3. The Hall–Kier alpha value is -1.36. The van der Waals surface area contributed by atoms with Gasteiger partial charge in [0.05, 0.1) is 24.4 Å². The van der Waals surface area contributed by atoms with Crippen LogP contribution in [0.4, 0.5) is 0 Å². The molecule has 5 nitrogen and oxygen atoms in total. The van der Waals surface area contributed by atoms with E-state index in [2.05, 4.69) is 5.10 Å². The zero-order valence-electron chi connectivity index (χ0n) is 7.01. The molecule has 1 aliphatic heterocycles. The fourth-order valence-electron chi connectivity index (χ4n) is 1.38. The van der Waals surface area contributed by atoms with Crippen molar-refractivity contribution < 1.29 is 14.6 Å². The van der Waals surface area contributed by atoms with Gasteiger partial charge in [0.15, 0.2) is 0 Å². The normalized spacial score (nSPS) is 22.0. The van der Waals surface area contributed by atoms with Crippen LogP contribution in [0.5, 0.6) is 0 Å². The van der Waals surface area contributed by atoms with Gasteiger partial charge in [-0.1, -0.05) is 0 Å². The molecule has 70 valence electrons. The standard InChI is InChI=1S/C8H10N2O3/c11-8(12)6-3-9-10(4-6)7-1-2-13-5-7/h3-4,7H,1-2,5H2,(H,11,12)/t7-/m0/s1. The third-order valence-electron chi connectivity index (χ3n) is 2.13. The van der Waals surface area contributed by atoms with Crippen LogP contribution in [-0.4, -0.2) is 34.1 Å². The molecule has 1 atom stereocenters. The van der Waals surface area contributed by atoms with Crippen LogP contribution < -0.4 is 0 Å². The number of carbonyl (C=O) groups is 1. The molecule has 0 bridgehead atoms. The minimum absolute atomic E-state index is 0.202. The van der Waals surface area contributed by atoms with Crippen molar-refractivity contribution in [3.05, 3.63) is 18.0 Å². The number of carboxylic acid groups (broad SMARTS) is 1. The topological polar surface area (TPSA) is 64.3 Å². The molecule has 1 fully saturated rings. The molecule has 1 aromatic rings. The van der Waals surface area contributed by atoms with Gasteiger partial charge in [-0.2, -0.15) is 5.10 Å². The third-order valence-corrected chi connectivity index (χ3v) is 2.13. The van der Waals surface area contributed by atoms with Crippen molar-refractivity contribution in [1.29, 1.82) is 0 Å². The molecular weight excluding hydrogens is 172 g/mol. The Morgan fingerprint density at radius 2 is 2.62 bits per heavy atom. The van der Waals surface area contributed by atoms with Crippen molar-refractivity contribution in [2.45, 2.75) is 12.5 Å². The van der Waals surface area contributed by atoms with Gasteiger partial charge >= 0.3 is 5.97 Å². The first kappa shape index (κ1) is 8.25. The fourth-order valence-corrected chi connectivity index (χ4v) is 1.38. The molecule has 2 heterocycles. The summed E-state index contributed by atoms with van der Waals surface area (Å²) in [6, 6.07) is 0.202. The fraction of sp³-hybridized carbons (Fsp3) is 0.500. The summed E-state index contributed by atoms with van der Waals surface area (Å²) in [5, 5.41) is 12.6. The van der Waals surface area contributed by atoms with Crippen molar-refractivity contribution in [2.24, 2.45) is 0 Å². The summed E-state index contributed by atoms with van der Waals surface area (Å²) in [5.74, 6) is -0.940. The Morgan fingerprint density at radius 1 is 1.77 bits per heavy atom. The van der Waals surface area contributed by atoms with E-state index in [1.807, 2.05) is 0 Å². The Balaban J connectivity index is 2.16. The Kier molecular flexibility index (Phi) is 2.02. The predicted molar refractivity (Wildman–Crippen MR) is 43.7 cm³/mol. The SMILES string of the molecule is O=C(O)c1cnn([C@H]2CCOC2)c1. The van der Waals surface area contributed by atoms with Crippen LogP contribution in [0, 0.1) is 0 Å². The Labute approximate surface area is 74.9 Å². The van der Waals surface area contributed by atoms with Crippen LogP contribution in [0.3, 0.4) is 0 Å². The maximum absolute atomic E-state index is 10.5. The summed E-state index contributed by atoms with van der Waals surface area (Å²) in [7, 11) is 0. The number of ether oxygens (including phenoxy) is 1. The lowest BCUT2D eigenvalue weighted by Gasteiger charge is -2.06. The Morgan fingerprint density at radius 3 is 3.15 bits per heavy atom. The highest BCUT2D eigenvalue weighted by Gasteiger charge is 2.19. The Bertz CT molecular complexity index is 315. The van der Waals surface area contributed by atoms with Gasteiger partial charge in [0.2, 0.25) is 0 Å². The summed E-state index contributed by atoms with van der Waals surface area (Å²) in [6.07, 6.45) is 3.81. The van der Waals surface area contributed by atoms with Gasteiger partial charge in [0, 0.05) is 12.8 Å². The lowest BCUT2D eigenvalue weighted by Crippen LogP contribution is -2.08. The molecule has 1 N–H and O–H groups in total. The van der Waals surface area contributed by atoms with Gasteiger partial charge in [-0.05, 0) is 6.42 Å². The summed E-state index contributed by atoms with van der Waals surface area (Å²) >= 11 is 0. The first-order valence-electron chi connectivity index (χ1n) is 4.12. The molecule has 1 aromatic heterocycles. The molecule has 1 saturated heterocycles. The number of carboxylic acids is 1. The van der Waals surface area contributed by atoms with E-state index in [4.69, 9.17) is 9.84 Å². The summed E-state index contributed by atoms with van der Waals surface area (Å²) in [6.45, 7) is 1.35. The number of hydrogen-bond acceptors (Lipinski definition) is 3. The minimum Gasteiger partial charge on any atom is -0.478 e. The van der Waals surface area contributed by atoms with Crippen molar-refractivity contribution in [3.63, 3.8) is 0 Å². The molecule has 0 amide bonds. The molecule has 0 aliphatic carbocycles. The van der Waals surface area contributed by atoms with Crippen molar-refractivity contribution in [1.82, 2.24) is 9.78 Å². The number of aromatic carboxylic acids is 1. The molecule has 0 saturated carbocycles. The highest BCUT2D eigenvalue weighted by Crippen LogP contribution is 2.17. The minimum atomic E-state index is -0.940.